The number of hydrogen-bond acceptors (Lipinski definition) is 5. The fraction of sp³-hybridized carbons (Fsp3) is 0.308. The Kier molecular flexibility index (Phi) is 3.84. The van der Waals surface area contributed by atoms with Crippen LogP contribution in [0.4, 0.5) is 5.13 Å². The summed E-state index contributed by atoms with van der Waals surface area (Å²) >= 11 is 1.59. The molecule has 0 spiro atoms. The summed E-state index contributed by atoms with van der Waals surface area (Å²) in [6, 6.07) is 7.83. The lowest BCUT2D eigenvalue weighted by Gasteiger charge is -2.06. The Morgan fingerprint density at radius 2 is 2.22 bits per heavy atom. The van der Waals surface area contributed by atoms with E-state index >= 15 is 0 Å². The molecule has 96 valence electrons. The molecule has 3 N–H and O–H groups in total. The van der Waals surface area contributed by atoms with Crippen molar-refractivity contribution in [3.8, 4) is 17.0 Å². The molecule has 1 aromatic carbocycles. The maximum absolute atomic E-state index is 6.00. The third kappa shape index (κ3) is 2.47. The molecule has 18 heavy (non-hydrogen) atoms. The van der Waals surface area contributed by atoms with E-state index < -0.39 is 0 Å². The second kappa shape index (κ2) is 5.37. The van der Waals surface area contributed by atoms with E-state index in [4.69, 9.17) is 10.5 Å². The lowest BCUT2D eigenvalue weighted by atomic mass is 10.1. The topological polar surface area (TPSA) is 60.2 Å². The van der Waals surface area contributed by atoms with Gasteiger partial charge in [0, 0.05) is 18.7 Å². The molecule has 0 fully saturated rings. The summed E-state index contributed by atoms with van der Waals surface area (Å²) in [7, 11) is 3.52. The first-order valence-electron chi connectivity index (χ1n) is 5.74. The van der Waals surface area contributed by atoms with Gasteiger partial charge in [0.15, 0.2) is 5.13 Å². The smallest absolute Gasteiger partial charge is 0.183 e. The number of thiazole rings is 1. The number of rotatable bonds is 4. The minimum absolute atomic E-state index is 0.0363. The predicted molar refractivity (Wildman–Crippen MR) is 76.3 cm³/mol. The summed E-state index contributed by atoms with van der Waals surface area (Å²) in [6.07, 6.45) is 0. The lowest BCUT2D eigenvalue weighted by Crippen LogP contribution is -2.04. The number of hydrogen-bond donors (Lipinski definition) is 2. The first-order valence-corrected chi connectivity index (χ1v) is 6.56. The van der Waals surface area contributed by atoms with Crippen LogP contribution in [-0.4, -0.2) is 19.1 Å². The second-order valence-corrected chi connectivity index (χ2v) is 5.03. The van der Waals surface area contributed by atoms with Crippen molar-refractivity contribution < 1.29 is 4.74 Å². The van der Waals surface area contributed by atoms with Crippen LogP contribution in [0.5, 0.6) is 5.75 Å². The molecular weight excluding hydrogens is 246 g/mol. The van der Waals surface area contributed by atoms with Crippen LogP contribution in [0, 0.1) is 0 Å². The molecule has 0 amide bonds. The number of benzene rings is 1. The van der Waals surface area contributed by atoms with Crippen LogP contribution in [0.3, 0.4) is 0 Å². The lowest BCUT2D eigenvalue weighted by molar-refractivity contribution is 0.415. The van der Waals surface area contributed by atoms with E-state index in [0.717, 1.165) is 27.0 Å². The molecule has 0 saturated carbocycles. The van der Waals surface area contributed by atoms with Crippen molar-refractivity contribution in [3.05, 3.63) is 29.1 Å². The summed E-state index contributed by atoms with van der Waals surface area (Å²) < 4.78 is 5.24. The zero-order valence-corrected chi connectivity index (χ0v) is 11.5. The van der Waals surface area contributed by atoms with E-state index in [0.29, 0.717) is 0 Å². The van der Waals surface area contributed by atoms with E-state index in [-0.39, 0.29) is 6.04 Å². The van der Waals surface area contributed by atoms with Crippen molar-refractivity contribution in [2.24, 2.45) is 5.73 Å². The van der Waals surface area contributed by atoms with Crippen LogP contribution < -0.4 is 15.8 Å². The average molecular weight is 263 g/mol. The fourth-order valence-corrected chi connectivity index (χ4v) is 2.62. The van der Waals surface area contributed by atoms with E-state index in [1.165, 1.54) is 0 Å². The summed E-state index contributed by atoms with van der Waals surface area (Å²) in [5.74, 6) is 0.821. The van der Waals surface area contributed by atoms with Gasteiger partial charge in [-0.15, -0.1) is 0 Å². The molecule has 1 unspecified atom stereocenters. The van der Waals surface area contributed by atoms with Gasteiger partial charge >= 0.3 is 0 Å². The van der Waals surface area contributed by atoms with Gasteiger partial charge in [-0.3, -0.25) is 0 Å². The molecule has 2 rings (SSSR count). The maximum Gasteiger partial charge on any atom is 0.183 e. The van der Waals surface area contributed by atoms with Gasteiger partial charge in [-0.1, -0.05) is 23.5 Å². The van der Waals surface area contributed by atoms with E-state index in [2.05, 4.69) is 10.3 Å². The van der Waals surface area contributed by atoms with Gasteiger partial charge in [-0.25, -0.2) is 4.98 Å². The van der Waals surface area contributed by atoms with Crippen molar-refractivity contribution in [3.63, 3.8) is 0 Å². The van der Waals surface area contributed by atoms with Gasteiger partial charge in [0.05, 0.1) is 17.7 Å². The molecule has 5 heteroatoms. The highest BCUT2D eigenvalue weighted by Gasteiger charge is 2.15. The molecule has 2 aromatic rings. The number of nitrogens with two attached hydrogens (primary N) is 1. The zero-order chi connectivity index (χ0) is 13.1. The van der Waals surface area contributed by atoms with Crippen LogP contribution >= 0.6 is 11.3 Å². The first-order chi connectivity index (χ1) is 8.65. The normalized spacial score (nSPS) is 12.2. The van der Waals surface area contributed by atoms with Gasteiger partial charge in [0.25, 0.3) is 0 Å². The molecule has 1 aromatic heterocycles. The minimum Gasteiger partial charge on any atom is -0.497 e. The number of anilines is 1. The summed E-state index contributed by atoms with van der Waals surface area (Å²) in [4.78, 5) is 5.64. The quantitative estimate of drug-likeness (QED) is 0.890. The van der Waals surface area contributed by atoms with Gasteiger partial charge < -0.3 is 15.8 Å². The maximum atomic E-state index is 6.00. The third-order valence-electron chi connectivity index (χ3n) is 2.62. The van der Waals surface area contributed by atoms with Crippen molar-refractivity contribution in [2.75, 3.05) is 19.5 Å². The van der Waals surface area contributed by atoms with E-state index in [1.54, 1.807) is 18.4 Å². The molecule has 0 saturated heterocycles. The molecule has 0 aliphatic heterocycles. The molecule has 4 nitrogen and oxygen atoms in total. The fourth-order valence-electron chi connectivity index (χ4n) is 1.72. The number of nitrogens with one attached hydrogen (secondary N) is 1. The monoisotopic (exact) mass is 263 g/mol. The van der Waals surface area contributed by atoms with Crippen molar-refractivity contribution in [1.29, 1.82) is 0 Å². The molecule has 1 heterocycles. The van der Waals surface area contributed by atoms with Crippen molar-refractivity contribution in [2.45, 2.75) is 13.0 Å². The average Bonchev–Trinajstić information content (AvgIpc) is 2.83. The molecule has 0 bridgehead atoms. The van der Waals surface area contributed by atoms with Crippen molar-refractivity contribution >= 4 is 16.5 Å². The number of methoxy groups -OCH3 is 1. The number of aromatic nitrogens is 1. The summed E-state index contributed by atoms with van der Waals surface area (Å²) in [5.41, 5.74) is 7.96. The van der Waals surface area contributed by atoms with Gasteiger partial charge in [-0.05, 0) is 19.1 Å². The Morgan fingerprint density at radius 1 is 1.44 bits per heavy atom. The predicted octanol–water partition coefficient (Wildman–Crippen LogP) is 2.88. The van der Waals surface area contributed by atoms with Gasteiger partial charge in [0.2, 0.25) is 0 Å². The second-order valence-electron chi connectivity index (χ2n) is 4.00. The molecule has 0 radical (unpaired) electrons. The van der Waals surface area contributed by atoms with Gasteiger partial charge in [0.1, 0.15) is 5.75 Å². The first kappa shape index (κ1) is 12.9. The highest BCUT2D eigenvalue weighted by molar-refractivity contribution is 7.16. The Labute approximate surface area is 111 Å². The summed E-state index contributed by atoms with van der Waals surface area (Å²) in [6.45, 7) is 1.97. The Bertz CT molecular complexity index is 537. The zero-order valence-electron chi connectivity index (χ0n) is 10.7. The van der Waals surface area contributed by atoms with E-state index in [1.807, 2.05) is 38.2 Å². The van der Waals surface area contributed by atoms with E-state index in [9.17, 15) is 0 Å². The Balaban J connectivity index is 2.51. The Morgan fingerprint density at radius 3 is 2.83 bits per heavy atom. The van der Waals surface area contributed by atoms with Crippen LogP contribution in [-0.2, 0) is 0 Å². The highest BCUT2D eigenvalue weighted by Crippen LogP contribution is 2.35. The molecule has 0 aliphatic rings. The largest absolute Gasteiger partial charge is 0.497 e. The van der Waals surface area contributed by atoms with Crippen LogP contribution in [0.15, 0.2) is 24.3 Å². The standard InChI is InChI=1S/C13H17N3OS/c1-8(14)12-11(16-13(15-2)18-12)9-5-4-6-10(7-9)17-3/h4-8H,14H2,1-3H3,(H,15,16). The Hall–Kier alpha value is -1.59. The number of ether oxygens (including phenoxy) is 1. The van der Waals surface area contributed by atoms with Crippen LogP contribution in [0.2, 0.25) is 0 Å². The third-order valence-corrected chi connectivity index (χ3v) is 3.90. The van der Waals surface area contributed by atoms with Crippen LogP contribution in [0.25, 0.3) is 11.3 Å². The SMILES string of the molecule is CNc1nc(-c2cccc(OC)c2)c(C(C)N)s1. The summed E-state index contributed by atoms with van der Waals surface area (Å²) in [5, 5.41) is 3.94. The molecule has 1 atom stereocenters. The van der Waals surface area contributed by atoms with Gasteiger partial charge in [-0.2, -0.15) is 0 Å². The highest BCUT2D eigenvalue weighted by atomic mass is 32.1. The minimum atomic E-state index is -0.0363. The number of nitrogens with zero attached hydrogens (tertiary/aromatic N) is 1. The molecular formula is C13H17N3OS. The van der Waals surface area contributed by atoms with Crippen LogP contribution in [0.1, 0.15) is 17.8 Å². The van der Waals surface area contributed by atoms with Crippen molar-refractivity contribution in [1.82, 2.24) is 4.98 Å². The molecule has 0 aliphatic carbocycles.